The van der Waals surface area contributed by atoms with Crippen molar-refractivity contribution in [2.45, 2.75) is 170 Å². The third kappa shape index (κ3) is 20.5. The predicted molar refractivity (Wildman–Crippen MR) is 333 cm³/mol. The van der Waals surface area contributed by atoms with Crippen LogP contribution in [0.25, 0.3) is 0 Å². The number of carboxylic acids is 1. The van der Waals surface area contributed by atoms with Gasteiger partial charge < -0.3 is 102 Å². The molecule has 4 aliphatic heterocycles. The second kappa shape index (κ2) is 33.9. The lowest BCUT2D eigenvalue weighted by molar-refractivity contribution is -0.153. The van der Waals surface area contributed by atoms with Gasteiger partial charge in [-0.05, 0) is 132 Å². The van der Waals surface area contributed by atoms with Crippen LogP contribution >= 0.6 is 0 Å². The predicted octanol–water partition coefficient (Wildman–Crippen LogP) is -4.14. The molecule has 32 nitrogen and oxygen atoms in total. The van der Waals surface area contributed by atoms with Gasteiger partial charge >= 0.3 is 5.97 Å². The van der Waals surface area contributed by atoms with Crippen LogP contribution in [0.5, 0.6) is 11.5 Å². The number of carboxylic acid groups (broad SMARTS) is 1. The van der Waals surface area contributed by atoms with E-state index in [9.17, 15) is 63.3 Å². The summed E-state index contributed by atoms with van der Waals surface area (Å²) in [6, 6.07) is -0.0363. The number of aliphatic imine (C=N–C) groups is 3. The molecule has 2 aromatic rings. The van der Waals surface area contributed by atoms with E-state index in [1.807, 2.05) is 0 Å². The Morgan fingerprint density at radius 3 is 1.27 bits per heavy atom. The van der Waals surface area contributed by atoms with Gasteiger partial charge in [-0.1, -0.05) is 24.3 Å². The van der Waals surface area contributed by atoms with Gasteiger partial charge in [0.25, 0.3) is 0 Å². The SMILES string of the molecule is C[C@H](NC(=O)[C@H](Cc1ccc(O)cc1)NC(=O)[C@H](Cc1ccc(O)cc1)NC(=O)[C@@H]1CCCN1C(=O)[C@@H]1CCCN1C(=O)[C@@H]1CCCN1C(=O)[C@@H]1CCCN1C(=O)[C@H](CCCN=C(N)N)NC(=O)[C@H](CCCN=C(N)N)NC(=O)[C@@H](N)CCCN=C(N)N)C(=O)O. The van der Waals surface area contributed by atoms with E-state index in [1.165, 1.54) is 62.9 Å². The molecule has 4 aliphatic rings. The van der Waals surface area contributed by atoms with Crippen molar-refractivity contribution in [2.24, 2.45) is 55.1 Å². The fourth-order valence-electron chi connectivity index (χ4n) is 11.7. The highest BCUT2D eigenvalue weighted by atomic mass is 16.4. The average Bonchev–Trinajstić information content (AvgIpc) is 1.71. The van der Waals surface area contributed by atoms with Crippen molar-refractivity contribution in [3.63, 3.8) is 0 Å². The number of phenols is 2. The summed E-state index contributed by atoms with van der Waals surface area (Å²) in [4.78, 5) is 159. The van der Waals surface area contributed by atoms with Crippen LogP contribution in [0.1, 0.15) is 108 Å². The first-order valence-corrected chi connectivity index (χ1v) is 30.8. The topological polar surface area (TPSA) is 524 Å². The molecule has 4 fully saturated rings. The fraction of sp³-hybridized carbons (Fsp3) is 0.576. The van der Waals surface area contributed by atoms with Crippen molar-refractivity contribution in [1.29, 1.82) is 0 Å². The Bertz CT molecular complexity index is 2990. The zero-order valence-corrected chi connectivity index (χ0v) is 51.3. The molecule has 4 saturated heterocycles. The summed E-state index contributed by atoms with van der Waals surface area (Å²) in [7, 11) is 0. The lowest BCUT2D eigenvalue weighted by atomic mass is 10.0. The first-order chi connectivity index (χ1) is 43.3. The second-order valence-electron chi connectivity index (χ2n) is 23.3. The second-order valence-corrected chi connectivity index (χ2v) is 23.3. The van der Waals surface area contributed by atoms with Gasteiger partial charge in [-0.25, -0.2) is 0 Å². The molecule has 0 saturated carbocycles. The van der Waals surface area contributed by atoms with E-state index < -0.39 is 120 Å². The molecule has 10 atom stereocenters. The number of likely N-dealkylation sites (tertiary alicyclic amines) is 4. The first-order valence-electron chi connectivity index (χ1n) is 30.8. The van der Waals surface area contributed by atoms with Crippen LogP contribution in [-0.2, 0) is 60.8 Å². The van der Waals surface area contributed by atoms with Crippen molar-refractivity contribution >= 4 is 77.0 Å². The number of carbonyl (C=O) groups is 10. The number of carbonyl (C=O) groups excluding carboxylic acids is 9. The number of aromatic hydroxyl groups is 2. The van der Waals surface area contributed by atoms with Gasteiger partial charge in [0.15, 0.2) is 17.9 Å². The van der Waals surface area contributed by atoms with E-state index in [0.717, 1.165) is 0 Å². The Labute approximate surface area is 526 Å². The molecule has 2 aromatic carbocycles. The number of amides is 9. The lowest BCUT2D eigenvalue weighted by Crippen LogP contribution is -2.60. The number of nitrogens with one attached hydrogen (secondary N) is 5. The molecule has 6 rings (SSSR count). The van der Waals surface area contributed by atoms with Gasteiger partial charge in [0.1, 0.15) is 65.9 Å². The van der Waals surface area contributed by atoms with Crippen LogP contribution in [0.3, 0.4) is 0 Å². The average molecular weight is 1270 g/mol. The third-order valence-electron chi connectivity index (χ3n) is 16.5. The minimum absolute atomic E-state index is 0.0166. The maximum absolute atomic E-state index is 14.9. The summed E-state index contributed by atoms with van der Waals surface area (Å²) in [5, 5.41) is 42.8. The standard InChI is InChI=1S/C59H89N19O13/c1-33(56(90)91)70-49(83)41(31-34-16-20-36(79)21-17-34)73-50(84)42(32-35-18-22-37(80)23-19-35)74-51(85)43-12-5-27-75(43)53(87)45-14-7-29-77(45)55(89)46-15-8-30-78(46)54(88)44-13-6-28-76(44)52(86)40(11-4-26-69-59(65)66)72-48(82)39(10-3-25-68-58(63)64)71-47(81)38(60)9-2-24-67-57(61)62/h16-23,33,38-46,79-80H,2-15,24-32,60H2,1H3,(H,70,83)(H,71,81)(H,72,82)(H,73,84)(H,74,85)(H,90,91)(H4,61,62,67)(H4,63,64,68)(H4,65,66,69)/t33-,38-,39-,40-,41-,42-,43-,44-,45-,46-/m0/s1. The van der Waals surface area contributed by atoms with Crippen LogP contribution in [0, 0.1) is 0 Å². The number of hydrogen-bond donors (Lipinski definition) is 15. The van der Waals surface area contributed by atoms with E-state index in [4.69, 9.17) is 40.1 Å². The van der Waals surface area contributed by atoms with Gasteiger partial charge in [0, 0.05) is 58.7 Å². The maximum atomic E-state index is 14.9. The Balaban J connectivity index is 1.16. The van der Waals surface area contributed by atoms with Crippen LogP contribution < -0.4 is 66.7 Å². The van der Waals surface area contributed by atoms with Crippen molar-refractivity contribution in [2.75, 3.05) is 45.8 Å². The Kier molecular flexibility index (Phi) is 26.3. The van der Waals surface area contributed by atoms with Gasteiger partial charge in [-0.2, -0.15) is 0 Å². The summed E-state index contributed by atoms with van der Waals surface area (Å²) in [5.41, 5.74) is 40.2. The van der Waals surface area contributed by atoms with E-state index in [0.29, 0.717) is 43.2 Å². The molecule has 498 valence electrons. The number of guanidine groups is 3. The molecule has 0 unspecified atom stereocenters. The zero-order valence-electron chi connectivity index (χ0n) is 51.3. The minimum atomic E-state index is -1.38. The number of hydrogen-bond acceptors (Lipinski definition) is 16. The summed E-state index contributed by atoms with van der Waals surface area (Å²) in [6.45, 7) is 2.30. The highest BCUT2D eigenvalue weighted by Crippen LogP contribution is 2.31. The van der Waals surface area contributed by atoms with Crippen LogP contribution in [-0.4, -0.2) is 218 Å². The number of aliphatic carboxylic acids is 1. The van der Waals surface area contributed by atoms with Gasteiger partial charge in [-0.15, -0.1) is 0 Å². The number of phenolic OH excluding ortho intramolecular Hbond substituents is 2. The quantitative estimate of drug-likeness (QED) is 0.0194. The lowest BCUT2D eigenvalue weighted by Gasteiger charge is -2.36. The minimum Gasteiger partial charge on any atom is -0.508 e. The molecule has 0 radical (unpaired) electrons. The fourth-order valence-corrected chi connectivity index (χ4v) is 11.7. The summed E-state index contributed by atoms with van der Waals surface area (Å²) in [6.07, 6.45) is 3.40. The summed E-state index contributed by atoms with van der Waals surface area (Å²) >= 11 is 0. The monoisotopic (exact) mass is 1270 g/mol. The Morgan fingerprint density at radius 1 is 0.473 bits per heavy atom. The van der Waals surface area contributed by atoms with Gasteiger partial charge in [0.2, 0.25) is 53.2 Å². The summed E-state index contributed by atoms with van der Waals surface area (Å²) < 4.78 is 0. The largest absolute Gasteiger partial charge is 0.508 e. The van der Waals surface area contributed by atoms with Crippen LogP contribution in [0.2, 0.25) is 0 Å². The van der Waals surface area contributed by atoms with Gasteiger partial charge in [0.05, 0.1) is 6.04 Å². The molecular formula is C59H89N19O13. The van der Waals surface area contributed by atoms with Gasteiger partial charge in [-0.3, -0.25) is 62.9 Å². The first kappa shape index (κ1) is 70.6. The molecule has 9 amide bonds. The molecule has 0 bridgehead atoms. The number of nitrogens with zero attached hydrogens (tertiary/aromatic N) is 7. The third-order valence-corrected chi connectivity index (χ3v) is 16.5. The van der Waals surface area contributed by atoms with Crippen molar-refractivity contribution < 1.29 is 63.3 Å². The molecule has 0 spiro atoms. The Morgan fingerprint density at radius 2 is 0.824 bits per heavy atom. The van der Waals surface area contributed by atoms with Crippen LogP contribution in [0.4, 0.5) is 0 Å². The smallest absolute Gasteiger partial charge is 0.325 e. The van der Waals surface area contributed by atoms with E-state index in [2.05, 4.69) is 41.6 Å². The highest BCUT2D eigenvalue weighted by molar-refractivity contribution is 5.99. The van der Waals surface area contributed by atoms with E-state index in [1.54, 1.807) is 12.1 Å². The van der Waals surface area contributed by atoms with E-state index >= 15 is 0 Å². The van der Waals surface area contributed by atoms with Crippen LogP contribution in [0.15, 0.2) is 63.5 Å². The zero-order chi connectivity index (χ0) is 66.5. The maximum Gasteiger partial charge on any atom is 0.325 e. The molecule has 22 N–H and O–H groups in total. The number of rotatable bonds is 31. The van der Waals surface area contributed by atoms with Crippen molar-refractivity contribution in [3.8, 4) is 11.5 Å². The van der Waals surface area contributed by atoms with Crippen molar-refractivity contribution in [1.82, 2.24) is 46.2 Å². The number of benzene rings is 2. The molecular weight excluding hydrogens is 1180 g/mol. The van der Waals surface area contributed by atoms with Crippen molar-refractivity contribution in [3.05, 3.63) is 59.7 Å². The normalized spacial score (nSPS) is 19.8. The molecule has 4 heterocycles. The summed E-state index contributed by atoms with van der Waals surface area (Å²) in [5.74, 6) is -7.72. The molecule has 0 aromatic heterocycles. The molecule has 0 aliphatic carbocycles. The number of nitrogens with two attached hydrogens (primary N) is 7. The van der Waals surface area contributed by atoms with E-state index in [-0.39, 0.29) is 146 Å². The highest BCUT2D eigenvalue weighted by Gasteiger charge is 2.49. The Hall–Kier alpha value is -9.49. The molecule has 91 heavy (non-hydrogen) atoms. The molecule has 32 heteroatoms.